The second-order valence-electron chi connectivity index (χ2n) is 2.28. The largest absolute Gasteiger partial charge is 0.381 e. The van der Waals surface area contributed by atoms with Crippen LogP contribution in [-0.2, 0) is 4.74 Å². The summed E-state index contributed by atoms with van der Waals surface area (Å²) < 4.78 is 17.3. The molecular formula is C7H11FO. The Labute approximate surface area is 54.5 Å². The minimum atomic E-state index is 0.0169. The van der Waals surface area contributed by atoms with E-state index in [0.717, 1.165) is 12.8 Å². The number of methoxy groups -OCH3 is 1. The van der Waals surface area contributed by atoms with Crippen LogP contribution in [0.1, 0.15) is 19.3 Å². The lowest BCUT2D eigenvalue weighted by Gasteiger charge is -2.16. The topological polar surface area (TPSA) is 9.23 Å². The number of hydrogen-bond donors (Lipinski definition) is 0. The quantitative estimate of drug-likeness (QED) is 0.527. The van der Waals surface area contributed by atoms with Gasteiger partial charge in [-0.15, -0.1) is 0 Å². The monoisotopic (exact) mass is 130 g/mol. The summed E-state index contributed by atoms with van der Waals surface area (Å²) in [5.41, 5.74) is 0. The van der Waals surface area contributed by atoms with Crippen molar-refractivity contribution in [2.45, 2.75) is 25.4 Å². The predicted molar refractivity (Wildman–Crippen MR) is 33.8 cm³/mol. The van der Waals surface area contributed by atoms with Crippen molar-refractivity contribution in [3.63, 3.8) is 0 Å². The average Bonchev–Trinajstić information content (AvgIpc) is 1.90. The number of allylic oxidation sites excluding steroid dienone is 1. The SMILES string of the molecule is COC1CC=C(F)CC1. The van der Waals surface area contributed by atoms with Gasteiger partial charge < -0.3 is 4.74 Å². The van der Waals surface area contributed by atoms with Crippen LogP contribution in [0.3, 0.4) is 0 Å². The van der Waals surface area contributed by atoms with E-state index in [1.165, 1.54) is 0 Å². The summed E-state index contributed by atoms with van der Waals surface area (Å²) in [6.07, 6.45) is 3.99. The van der Waals surface area contributed by atoms with Crippen LogP contribution in [0.25, 0.3) is 0 Å². The summed E-state index contributed by atoms with van der Waals surface area (Å²) in [7, 11) is 1.67. The fourth-order valence-electron chi connectivity index (χ4n) is 0.992. The van der Waals surface area contributed by atoms with Crippen molar-refractivity contribution in [2.75, 3.05) is 7.11 Å². The molecule has 0 aromatic carbocycles. The van der Waals surface area contributed by atoms with Crippen molar-refractivity contribution in [3.8, 4) is 0 Å². The molecule has 0 saturated carbocycles. The zero-order chi connectivity index (χ0) is 6.69. The summed E-state index contributed by atoms with van der Waals surface area (Å²) in [6.45, 7) is 0. The van der Waals surface area contributed by atoms with Crippen molar-refractivity contribution in [2.24, 2.45) is 0 Å². The molecule has 0 aliphatic heterocycles. The van der Waals surface area contributed by atoms with E-state index < -0.39 is 0 Å². The van der Waals surface area contributed by atoms with Crippen molar-refractivity contribution in [1.29, 1.82) is 0 Å². The Morgan fingerprint density at radius 2 is 2.56 bits per heavy atom. The Bertz CT molecular complexity index is 120. The van der Waals surface area contributed by atoms with Gasteiger partial charge in [-0.05, 0) is 12.8 Å². The molecule has 52 valence electrons. The lowest BCUT2D eigenvalue weighted by molar-refractivity contribution is 0.0913. The van der Waals surface area contributed by atoms with Crippen LogP contribution >= 0.6 is 0 Å². The summed E-state index contributed by atoms with van der Waals surface area (Å²) in [4.78, 5) is 0. The van der Waals surface area contributed by atoms with Crippen molar-refractivity contribution >= 4 is 0 Å². The summed E-state index contributed by atoms with van der Waals surface area (Å²) >= 11 is 0. The van der Waals surface area contributed by atoms with Gasteiger partial charge in [0, 0.05) is 13.5 Å². The lowest BCUT2D eigenvalue weighted by Crippen LogP contribution is -2.12. The van der Waals surface area contributed by atoms with E-state index in [1.807, 2.05) is 0 Å². The molecule has 0 spiro atoms. The first kappa shape index (κ1) is 6.75. The zero-order valence-electron chi connectivity index (χ0n) is 5.56. The molecule has 0 fully saturated rings. The molecule has 0 radical (unpaired) electrons. The molecule has 1 nitrogen and oxygen atoms in total. The molecule has 0 bridgehead atoms. The number of ether oxygens (including phenoxy) is 1. The van der Waals surface area contributed by atoms with Gasteiger partial charge in [-0.1, -0.05) is 6.08 Å². The third-order valence-corrected chi connectivity index (χ3v) is 1.64. The van der Waals surface area contributed by atoms with Crippen LogP contribution in [0.5, 0.6) is 0 Å². The second-order valence-corrected chi connectivity index (χ2v) is 2.28. The fraction of sp³-hybridized carbons (Fsp3) is 0.714. The summed E-state index contributed by atoms with van der Waals surface area (Å²) in [5, 5.41) is 0. The van der Waals surface area contributed by atoms with Gasteiger partial charge in [0.25, 0.3) is 0 Å². The standard InChI is InChI=1S/C7H11FO/c1-9-7-4-2-6(8)3-5-7/h2,7H,3-5H2,1H3. The van der Waals surface area contributed by atoms with E-state index >= 15 is 0 Å². The normalized spacial score (nSPS) is 27.8. The van der Waals surface area contributed by atoms with Gasteiger partial charge in [0.2, 0.25) is 0 Å². The van der Waals surface area contributed by atoms with E-state index in [1.54, 1.807) is 13.2 Å². The molecule has 1 aliphatic carbocycles. The third kappa shape index (κ3) is 1.79. The molecule has 1 unspecified atom stereocenters. The van der Waals surface area contributed by atoms with Crippen LogP contribution in [-0.4, -0.2) is 13.2 Å². The van der Waals surface area contributed by atoms with E-state index in [4.69, 9.17) is 4.74 Å². The van der Waals surface area contributed by atoms with Crippen LogP contribution in [0.2, 0.25) is 0 Å². The van der Waals surface area contributed by atoms with Gasteiger partial charge in [-0.25, -0.2) is 4.39 Å². The van der Waals surface area contributed by atoms with Gasteiger partial charge in [0.1, 0.15) is 0 Å². The average molecular weight is 130 g/mol. The molecule has 0 aromatic heterocycles. The predicted octanol–water partition coefficient (Wildman–Crippen LogP) is 2.04. The molecule has 0 aromatic rings. The fourth-order valence-corrected chi connectivity index (χ4v) is 0.992. The second kappa shape index (κ2) is 2.97. The Hall–Kier alpha value is -0.370. The van der Waals surface area contributed by atoms with Crippen LogP contribution < -0.4 is 0 Å². The van der Waals surface area contributed by atoms with Gasteiger partial charge in [-0.3, -0.25) is 0 Å². The molecule has 1 atom stereocenters. The van der Waals surface area contributed by atoms with Gasteiger partial charge in [-0.2, -0.15) is 0 Å². The minimum Gasteiger partial charge on any atom is -0.381 e. The van der Waals surface area contributed by atoms with Crippen molar-refractivity contribution < 1.29 is 9.13 Å². The van der Waals surface area contributed by atoms with Crippen LogP contribution in [0, 0.1) is 0 Å². The Kier molecular flexibility index (Phi) is 2.22. The highest BCUT2D eigenvalue weighted by Crippen LogP contribution is 2.20. The number of hydrogen-bond acceptors (Lipinski definition) is 1. The smallest absolute Gasteiger partial charge is 0.0961 e. The lowest BCUT2D eigenvalue weighted by atomic mass is 10.0. The summed E-state index contributed by atoms with van der Waals surface area (Å²) in [6, 6.07) is 0. The van der Waals surface area contributed by atoms with Crippen molar-refractivity contribution in [3.05, 3.63) is 11.9 Å². The van der Waals surface area contributed by atoms with E-state index in [0.29, 0.717) is 6.42 Å². The van der Waals surface area contributed by atoms with E-state index in [9.17, 15) is 4.39 Å². The first-order chi connectivity index (χ1) is 4.33. The van der Waals surface area contributed by atoms with E-state index in [-0.39, 0.29) is 11.9 Å². The highest BCUT2D eigenvalue weighted by molar-refractivity contribution is 4.98. The molecule has 9 heavy (non-hydrogen) atoms. The zero-order valence-corrected chi connectivity index (χ0v) is 5.56. The van der Waals surface area contributed by atoms with Gasteiger partial charge in [0.05, 0.1) is 11.9 Å². The molecule has 0 amide bonds. The molecule has 0 saturated heterocycles. The first-order valence-corrected chi connectivity index (χ1v) is 3.20. The van der Waals surface area contributed by atoms with Gasteiger partial charge >= 0.3 is 0 Å². The maximum atomic E-state index is 12.3. The minimum absolute atomic E-state index is 0.0169. The Morgan fingerprint density at radius 3 is 3.00 bits per heavy atom. The third-order valence-electron chi connectivity index (χ3n) is 1.64. The molecule has 1 aliphatic rings. The van der Waals surface area contributed by atoms with Gasteiger partial charge in [0.15, 0.2) is 0 Å². The molecular weight excluding hydrogens is 119 g/mol. The van der Waals surface area contributed by atoms with E-state index in [2.05, 4.69) is 0 Å². The Morgan fingerprint density at radius 1 is 1.78 bits per heavy atom. The molecule has 0 N–H and O–H groups in total. The Balaban J connectivity index is 2.36. The molecule has 0 heterocycles. The van der Waals surface area contributed by atoms with Crippen LogP contribution in [0.4, 0.5) is 4.39 Å². The van der Waals surface area contributed by atoms with Crippen molar-refractivity contribution in [1.82, 2.24) is 0 Å². The highest BCUT2D eigenvalue weighted by Gasteiger charge is 2.12. The highest BCUT2D eigenvalue weighted by atomic mass is 19.1. The number of rotatable bonds is 1. The maximum Gasteiger partial charge on any atom is 0.0961 e. The van der Waals surface area contributed by atoms with Crippen LogP contribution in [0.15, 0.2) is 11.9 Å². The first-order valence-electron chi connectivity index (χ1n) is 3.20. The molecule has 2 heteroatoms. The maximum absolute atomic E-state index is 12.3. The summed E-state index contributed by atoms with van der Waals surface area (Å²) in [5.74, 6) is 0.0169. The number of halogens is 1. The molecule has 1 rings (SSSR count).